The molecule has 0 spiro atoms. The number of nitrogens with zero attached hydrogens (tertiary/aromatic N) is 1. The quantitative estimate of drug-likeness (QED) is 0.640. The van der Waals surface area contributed by atoms with E-state index < -0.39 is 22.0 Å². The number of aromatic nitrogens is 1. The van der Waals surface area contributed by atoms with Gasteiger partial charge in [-0.3, -0.25) is 9.59 Å². The molecule has 0 fully saturated rings. The predicted octanol–water partition coefficient (Wildman–Crippen LogP) is 1.74. The fourth-order valence-corrected chi connectivity index (χ4v) is 4.04. The average Bonchev–Trinajstić information content (AvgIpc) is 2.93. The van der Waals surface area contributed by atoms with E-state index >= 15 is 0 Å². The summed E-state index contributed by atoms with van der Waals surface area (Å²) >= 11 is 0. The van der Waals surface area contributed by atoms with Gasteiger partial charge in [-0.2, -0.15) is 4.72 Å². The summed E-state index contributed by atoms with van der Waals surface area (Å²) in [6, 6.07) is 5.27. The van der Waals surface area contributed by atoms with Crippen molar-refractivity contribution in [2.24, 2.45) is 0 Å². The second-order valence-corrected chi connectivity index (χ2v) is 8.34. The molecule has 10 heteroatoms. The van der Waals surface area contributed by atoms with Crippen molar-refractivity contribution in [1.29, 1.82) is 0 Å². The van der Waals surface area contributed by atoms with E-state index in [9.17, 15) is 18.0 Å². The van der Waals surface area contributed by atoms with Gasteiger partial charge in [0.15, 0.2) is 5.76 Å². The number of hydrogen-bond acceptors (Lipinski definition) is 6. The molecular weight excluding hydrogens is 384 g/mol. The van der Waals surface area contributed by atoms with Gasteiger partial charge in [0, 0.05) is 17.3 Å². The Kier molecular flexibility index (Phi) is 6.57. The number of sulfonamides is 1. The first-order chi connectivity index (χ1) is 13.0. The summed E-state index contributed by atoms with van der Waals surface area (Å²) in [6.07, 6.45) is 0. The first-order valence-electron chi connectivity index (χ1n) is 8.68. The first-order valence-corrected chi connectivity index (χ1v) is 10.2. The van der Waals surface area contributed by atoms with Crippen LogP contribution < -0.4 is 15.4 Å². The maximum Gasteiger partial charge on any atom is 0.251 e. The summed E-state index contributed by atoms with van der Waals surface area (Å²) in [5, 5.41) is 8.99. The van der Waals surface area contributed by atoms with Crippen LogP contribution in [0.2, 0.25) is 0 Å². The van der Waals surface area contributed by atoms with E-state index in [2.05, 4.69) is 20.5 Å². The number of hydrogen-bond donors (Lipinski definition) is 3. The fourth-order valence-electron chi connectivity index (χ4n) is 2.50. The summed E-state index contributed by atoms with van der Waals surface area (Å²) in [4.78, 5) is 24.2. The van der Waals surface area contributed by atoms with Gasteiger partial charge >= 0.3 is 0 Å². The average molecular weight is 408 g/mol. The molecule has 1 aromatic heterocycles. The smallest absolute Gasteiger partial charge is 0.251 e. The maximum absolute atomic E-state index is 12.5. The molecule has 1 aromatic carbocycles. The van der Waals surface area contributed by atoms with Gasteiger partial charge in [-0.25, -0.2) is 8.42 Å². The largest absolute Gasteiger partial charge is 0.360 e. The second kappa shape index (κ2) is 8.53. The maximum atomic E-state index is 12.5. The molecule has 3 N–H and O–H groups in total. The van der Waals surface area contributed by atoms with Crippen LogP contribution >= 0.6 is 0 Å². The number of amides is 2. The van der Waals surface area contributed by atoms with Gasteiger partial charge in [-0.1, -0.05) is 5.16 Å². The van der Waals surface area contributed by atoms with Gasteiger partial charge in [0.1, 0.15) is 10.6 Å². The van der Waals surface area contributed by atoms with E-state index in [0.29, 0.717) is 11.3 Å². The van der Waals surface area contributed by atoms with E-state index in [1.807, 2.05) is 13.8 Å². The molecule has 1 atom stereocenters. The van der Waals surface area contributed by atoms with Gasteiger partial charge in [-0.15, -0.1) is 0 Å². The molecule has 0 bridgehead atoms. The summed E-state index contributed by atoms with van der Waals surface area (Å²) in [6.45, 7) is 8.13. The Labute approximate surface area is 163 Å². The topological polar surface area (TPSA) is 130 Å². The third-order valence-corrected chi connectivity index (χ3v) is 5.58. The summed E-state index contributed by atoms with van der Waals surface area (Å²) in [5.41, 5.74) is 1.11. The number of nitrogens with one attached hydrogen (secondary N) is 3. The third kappa shape index (κ3) is 5.17. The van der Waals surface area contributed by atoms with E-state index in [0.717, 1.165) is 0 Å². The third-order valence-electron chi connectivity index (χ3n) is 3.80. The first kappa shape index (κ1) is 21.6. The van der Waals surface area contributed by atoms with Crippen molar-refractivity contribution >= 4 is 27.5 Å². The molecule has 0 unspecified atom stereocenters. The lowest BCUT2D eigenvalue weighted by atomic mass is 10.2. The highest BCUT2D eigenvalue weighted by Gasteiger charge is 2.28. The fraction of sp³-hybridized carbons (Fsp3) is 0.389. The molecule has 2 rings (SSSR count). The van der Waals surface area contributed by atoms with Crippen LogP contribution in [-0.4, -0.2) is 37.5 Å². The number of benzene rings is 1. The van der Waals surface area contributed by atoms with Crippen molar-refractivity contribution < 1.29 is 22.5 Å². The van der Waals surface area contributed by atoms with E-state index in [-0.39, 0.29) is 28.3 Å². The number of carbonyl (C=O) groups excluding carboxylic acids is 2. The number of anilines is 1. The summed E-state index contributed by atoms with van der Waals surface area (Å²) in [5.74, 6) is -0.615. The molecule has 0 aliphatic rings. The molecule has 152 valence electrons. The van der Waals surface area contributed by atoms with Crippen molar-refractivity contribution in [3.05, 3.63) is 41.3 Å². The Bertz CT molecular complexity index is 945. The van der Waals surface area contributed by atoms with Crippen LogP contribution in [0.25, 0.3) is 0 Å². The van der Waals surface area contributed by atoms with Gasteiger partial charge in [0.2, 0.25) is 15.9 Å². The standard InChI is InChI=1S/C18H24N4O5S/c1-10(2)19-18(24)14-6-8-15(9-7-14)20-17(23)12(4)22-28(25,26)16-11(3)21-27-13(16)5/h6-10,12,22H,1-5H3,(H,19,24)(H,20,23)/t12-/m0/s1. The Morgan fingerprint density at radius 3 is 2.18 bits per heavy atom. The van der Waals surface area contributed by atoms with Crippen molar-refractivity contribution in [3.8, 4) is 0 Å². The number of carbonyl (C=O) groups is 2. The minimum Gasteiger partial charge on any atom is -0.360 e. The summed E-state index contributed by atoms with van der Waals surface area (Å²) in [7, 11) is -3.96. The highest BCUT2D eigenvalue weighted by molar-refractivity contribution is 7.89. The van der Waals surface area contributed by atoms with E-state index in [1.165, 1.54) is 20.8 Å². The minimum atomic E-state index is -3.96. The zero-order valence-corrected chi connectivity index (χ0v) is 17.2. The molecule has 2 amide bonds. The van der Waals surface area contributed by atoms with Gasteiger partial charge in [0.25, 0.3) is 5.91 Å². The molecular formula is C18H24N4O5S. The Morgan fingerprint density at radius 1 is 1.07 bits per heavy atom. The van der Waals surface area contributed by atoms with E-state index in [4.69, 9.17) is 4.52 Å². The van der Waals surface area contributed by atoms with Crippen LogP contribution in [0.15, 0.2) is 33.7 Å². The number of rotatable bonds is 7. The lowest BCUT2D eigenvalue weighted by molar-refractivity contribution is -0.117. The van der Waals surface area contributed by atoms with Crippen LogP contribution in [0.4, 0.5) is 5.69 Å². The molecule has 2 aromatic rings. The highest BCUT2D eigenvalue weighted by Crippen LogP contribution is 2.19. The molecule has 0 aliphatic carbocycles. The Morgan fingerprint density at radius 2 is 1.68 bits per heavy atom. The Hall–Kier alpha value is -2.72. The zero-order valence-electron chi connectivity index (χ0n) is 16.4. The van der Waals surface area contributed by atoms with Crippen molar-refractivity contribution in [2.45, 2.75) is 51.6 Å². The number of aryl methyl sites for hydroxylation is 2. The second-order valence-electron chi connectivity index (χ2n) is 6.69. The molecule has 1 heterocycles. The monoisotopic (exact) mass is 408 g/mol. The zero-order chi connectivity index (χ0) is 21.1. The van der Waals surface area contributed by atoms with E-state index in [1.54, 1.807) is 24.3 Å². The lowest BCUT2D eigenvalue weighted by Crippen LogP contribution is -2.41. The van der Waals surface area contributed by atoms with Gasteiger partial charge in [-0.05, 0) is 58.9 Å². The molecule has 0 aliphatic heterocycles. The van der Waals surface area contributed by atoms with Crippen LogP contribution in [0.5, 0.6) is 0 Å². The normalized spacial score (nSPS) is 12.6. The highest BCUT2D eigenvalue weighted by atomic mass is 32.2. The molecule has 0 saturated heterocycles. The SMILES string of the molecule is Cc1noc(C)c1S(=O)(=O)N[C@@H](C)C(=O)Nc1ccc(C(=O)NC(C)C)cc1. The molecule has 9 nitrogen and oxygen atoms in total. The lowest BCUT2D eigenvalue weighted by Gasteiger charge is -2.14. The van der Waals surface area contributed by atoms with Crippen molar-refractivity contribution in [2.75, 3.05) is 5.32 Å². The van der Waals surface area contributed by atoms with Crippen LogP contribution in [0.1, 0.15) is 42.6 Å². The van der Waals surface area contributed by atoms with Gasteiger partial charge in [0.05, 0.1) is 6.04 Å². The summed E-state index contributed by atoms with van der Waals surface area (Å²) < 4.78 is 32.1. The predicted molar refractivity (Wildman–Crippen MR) is 103 cm³/mol. The Balaban J connectivity index is 2.03. The van der Waals surface area contributed by atoms with Gasteiger partial charge < -0.3 is 15.2 Å². The van der Waals surface area contributed by atoms with Crippen molar-refractivity contribution in [1.82, 2.24) is 15.2 Å². The minimum absolute atomic E-state index is 0.0125. The van der Waals surface area contributed by atoms with Crippen LogP contribution in [0, 0.1) is 13.8 Å². The molecule has 0 saturated carbocycles. The van der Waals surface area contributed by atoms with Crippen LogP contribution in [-0.2, 0) is 14.8 Å². The molecule has 0 radical (unpaired) electrons. The van der Waals surface area contributed by atoms with Crippen LogP contribution in [0.3, 0.4) is 0 Å². The molecule has 28 heavy (non-hydrogen) atoms. The van der Waals surface area contributed by atoms with Crippen molar-refractivity contribution in [3.63, 3.8) is 0 Å².